The number of hydrogen-bond donors (Lipinski definition) is 1. The van der Waals surface area contributed by atoms with Gasteiger partial charge >= 0.3 is 0 Å². The fourth-order valence-electron chi connectivity index (χ4n) is 1.53. The summed E-state index contributed by atoms with van der Waals surface area (Å²) >= 11 is 7.84. The Kier molecular flexibility index (Phi) is 3.58. The predicted octanol–water partition coefficient (Wildman–Crippen LogP) is 3.22. The lowest BCUT2D eigenvalue weighted by Crippen LogP contribution is -2.07. The molecule has 0 aliphatic heterocycles. The zero-order chi connectivity index (χ0) is 12.6. The molecule has 1 heterocycles. The van der Waals surface area contributed by atoms with E-state index in [0.29, 0.717) is 11.4 Å². The SMILES string of the molecule is Cc1nn(Cc2cccc(Cl)c2F)c(N)c1I. The number of anilines is 1. The zero-order valence-corrected chi connectivity index (χ0v) is 12.0. The average Bonchev–Trinajstić information content (AvgIpc) is 2.53. The third-order valence-corrected chi connectivity index (χ3v) is 4.07. The Hall–Kier alpha value is -0.820. The highest BCUT2D eigenvalue weighted by molar-refractivity contribution is 14.1. The summed E-state index contributed by atoms with van der Waals surface area (Å²) in [5.74, 6) is 0.124. The van der Waals surface area contributed by atoms with Crippen molar-refractivity contribution in [1.29, 1.82) is 0 Å². The quantitative estimate of drug-likeness (QED) is 0.831. The summed E-state index contributed by atoms with van der Waals surface area (Å²) in [7, 11) is 0. The smallest absolute Gasteiger partial charge is 0.146 e. The van der Waals surface area contributed by atoms with E-state index >= 15 is 0 Å². The van der Waals surface area contributed by atoms with E-state index in [-0.39, 0.29) is 11.6 Å². The number of aryl methyl sites for hydroxylation is 1. The predicted molar refractivity (Wildman–Crippen MR) is 74.6 cm³/mol. The fourth-order valence-corrected chi connectivity index (χ4v) is 2.11. The zero-order valence-electron chi connectivity index (χ0n) is 9.04. The second-order valence-corrected chi connectivity index (χ2v) is 5.14. The number of nitrogen functional groups attached to an aromatic ring is 1. The van der Waals surface area contributed by atoms with Crippen molar-refractivity contribution in [3.63, 3.8) is 0 Å². The molecule has 1 aromatic carbocycles. The molecular formula is C11H10ClFIN3. The van der Waals surface area contributed by atoms with Gasteiger partial charge in [-0.15, -0.1) is 0 Å². The van der Waals surface area contributed by atoms with Crippen LogP contribution in [0.4, 0.5) is 10.2 Å². The first-order chi connectivity index (χ1) is 8.00. The molecule has 0 bridgehead atoms. The molecule has 2 N–H and O–H groups in total. The van der Waals surface area contributed by atoms with Crippen LogP contribution in [-0.4, -0.2) is 9.78 Å². The largest absolute Gasteiger partial charge is 0.383 e. The van der Waals surface area contributed by atoms with E-state index in [2.05, 4.69) is 27.7 Å². The van der Waals surface area contributed by atoms with Gasteiger partial charge < -0.3 is 5.73 Å². The molecule has 0 fully saturated rings. The molecule has 0 spiro atoms. The minimum atomic E-state index is -0.420. The van der Waals surface area contributed by atoms with Gasteiger partial charge in [-0.3, -0.25) is 0 Å². The van der Waals surface area contributed by atoms with Crippen molar-refractivity contribution in [2.45, 2.75) is 13.5 Å². The van der Waals surface area contributed by atoms with E-state index < -0.39 is 5.82 Å². The van der Waals surface area contributed by atoms with Gasteiger partial charge in [0.2, 0.25) is 0 Å². The Bertz CT molecular complexity index is 568. The maximum atomic E-state index is 13.7. The van der Waals surface area contributed by atoms with Gasteiger partial charge in [0.25, 0.3) is 0 Å². The second-order valence-electron chi connectivity index (χ2n) is 3.66. The molecule has 0 saturated heterocycles. The monoisotopic (exact) mass is 365 g/mol. The lowest BCUT2D eigenvalue weighted by molar-refractivity contribution is 0.587. The van der Waals surface area contributed by atoms with Gasteiger partial charge in [0.1, 0.15) is 11.6 Å². The van der Waals surface area contributed by atoms with Gasteiger partial charge in [-0.2, -0.15) is 5.10 Å². The minimum Gasteiger partial charge on any atom is -0.383 e. The summed E-state index contributed by atoms with van der Waals surface area (Å²) in [5.41, 5.74) is 7.19. The maximum Gasteiger partial charge on any atom is 0.146 e. The van der Waals surface area contributed by atoms with Gasteiger partial charge in [-0.25, -0.2) is 9.07 Å². The number of aromatic nitrogens is 2. The number of benzene rings is 1. The molecule has 2 aromatic rings. The molecule has 0 saturated carbocycles. The fraction of sp³-hybridized carbons (Fsp3) is 0.182. The van der Waals surface area contributed by atoms with Crippen LogP contribution in [0.3, 0.4) is 0 Å². The third kappa shape index (κ3) is 2.40. The van der Waals surface area contributed by atoms with E-state index in [1.807, 2.05) is 6.92 Å². The Morgan fingerprint density at radius 3 is 2.82 bits per heavy atom. The Morgan fingerprint density at radius 1 is 1.53 bits per heavy atom. The summed E-state index contributed by atoms with van der Waals surface area (Å²) in [5, 5.41) is 4.36. The standard InChI is InChI=1S/C11H10ClFIN3/c1-6-10(14)11(15)17(16-6)5-7-3-2-4-8(12)9(7)13/h2-4H,5,15H2,1H3. The summed E-state index contributed by atoms with van der Waals surface area (Å²) < 4.78 is 16.2. The summed E-state index contributed by atoms with van der Waals surface area (Å²) in [6.45, 7) is 2.14. The first-order valence-electron chi connectivity index (χ1n) is 4.92. The molecule has 0 aliphatic carbocycles. The van der Waals surface area contributed by atoms with Crippen LogP contribution in [0.25, 0.3) is 0 Å². The molecule has 1 aromatic heterocycles. The van der Waals surface area contributed by atoms with Gasteiger partial charge in [0.05, 0.1) is 20.8 Å². The lowest BCUT2D eigenvalue weighted by Gasteiger charge is -2.06. The summed E-state index contributed by atoms with van der Waals surface area (Å²) in [4.78, 5) is 0. The molecule has 2 rings (SSSR count). The van der Waals surface area contributed by atoms with Crippen molar-refractivity contribution >= 4 is 40.0 Å². The van der Waals surface area contributed by atoms with Crippen LogP contribution in [0.5, 0.6) is 0 Å². The first-order valence-corrected chi connectivity index (χ1v) is 6.37. The van der Waals surface area contributed by atoms with Crippen LogP contribution >= 0.6 is 34.2 Å². The Labute approximate surface area is 117 Å². The molecule has 0 amide bonds. The normalized spacial score (nSPS) is 10.8. The first kappa shape index (κ1) is 12.6. The molecule has 3 nitrogen and oxygen atoms in total. The van der Waals surface area contributed by atoms with Crippen molar-refractivity contribution in [3.05, 3.63) is 43.9 Å². The highest BCUT2D eigenvalue weighted by Crippen LogP contribution is 2.22. The number of halogens is 3. The molecule has 17 heavy (non-hydrogen) atoms. The molecule has 0 atom stereocenters. The van der Waals surface area contributed by atoms with Crippen molar-refractivity contribution in [3.8, 4) is 0 Å². The molecular weight excluding hydrogens is 355 g/mol. The van der Waals surface area contributed by atoms with Crippen molar-refractivity contribution in [1.82, 2.24) is 9.78 Å². The Morgan fingerprint density at radius 2 is 2.24 bits per heavy atom. The summed E-state index contributed by atoms with van der Waals surface area (Å²) in [6.07, 6.45) is 0. The minimum absolute atomic E-state index is 0.111. The van der Waals surface area contributed by atoms with Crippen LogP contribution in [0.2, 0.25) is 5.02 Å². The van der Waals surface area contributed by atoms with Gasteiger partial charge in [0, 0.05) is 5.56 Å². The van der Waals surface area contributed by atoms with Crippen LogP contribution in [0.1, 0.15) is 11.3 Å². The number of rotatable bonds is 2. The number of hydrogen-bond acceptors (Lipinski definition) is 2. The third-order valence-electron chi connectivity index (χ3n) is 2.44. The summed E-state index contributed by atoms with van der Waals surface area (Å²) in [6, 6.07) is 4.89. The van der Waals surface area contributed by atoms with Crippen LogP contribution in [-0.2, 0) is 6.54 Å². The van der Waals surface area contributed by atoms with Gasteiger partial charge in [-0.1, -0.05) is 23.7 Å². The van der Waals surface area contributed by atoms with Crippen LogP contribution in [0, 0.1) is 16.3 Å². The highest BCUT2D eigenvalue weighted by Gasteiger charge is 2.12. The van der Waals surface area contributed by atoms with Gasteiger partial charge in [0.15, 0.2) is 0 Å². The van der Waals surface area contributed by atoms with Crippen LogP contribution in [0.15, 0.2) is 18.2 Å². The lowest BCUT2D eigenvalue weighted by atomic mass is 10.2. The maximum absolute atomic E-state index is 13.7. The average molecular weight is 366 g/mol. The van der Waals surface area contributed by atoms with Gasteiger partial charge in [-0.05, 0) is 35.6 Å². The number of nitrogens with two attached hydrogens (primary N) is 1. The van der Waals surface area contributed by atoms with E-state index in [9.17, 15) is 4.39 Å². The number of nitrogens with zero attached hydrogens (tertiary/aromatic N) is 2. The van der Waals surface area contributed by atoms with Crippen molar-refractivity contribution in [2.24, 2.45) is 0 Å². The van der Waals surface area contributed by atoms with Crippen molar-refractivity contribution < 1.29 is 4.39 Å². The molecule has 90 valence electrons. The van der Waals surface area contributed by atoms with Crippen LogP contribution < -0.4 is 5.73 Å². The molecule has 0 aliphatic rings. The Balaban J connectivity index is 2.38. The van der Waals surface area contributed by atoms with E-state index in [4.69, 9.17) is 17.3 Å². The molecule has 0 radical (unpaired) electrons. The topological polar surface area (TPSA) is 43.8 Å². The molecule has 0 unspecified atom stereocenters. The second kappa shape index (κ2) is 4.81. The van der Waals surface area contributed by atoms with E-state index in [1.165, 1.54) is 6.07 Å². The van der Waals surface area contributed by atoms with E-state index in [0.717, 1.165) is 9.26 Å². The highest BCUT2D eigenvalue weighted by atomic mass is 127. The van der Waals surface area contributed by atoms with E-state index in [1.54, 1.807) is 16.8 Å². The molecule has 6 heteroatoms. The van der Waals surface area contributed by atoms with Crippen molar-refractivity contribution in [2.75, 3.05) is 5.73 Å².